The molecular formula is C14H12BrF2NO2S2. The number of alkyl halides is 2. The first-order valence-electron chi connectivity index (χ1n) is 6.12. The molecule has 0 radical (unpaired) electrons. The topological polar surface area (TPSA) is 46.2 Å². The summed E-state index contributed by atoms with van der Waals surface area (Å²) in [6, 6.07) is 10.5. The maximum absolute atomic E-state index is 12.3. The maximum atomic E-state index is 12.3. The van der Waals surface area contributed by atoms with Crippen LogP contribution in [0.15, 0.2) is 56.7 Å². The highest BCUT2D eigenvalue weighted by Crippen LogP contribution is 2.27. The van der Waals surface area contributed by atoms with Gasteiger partial charge in [-0.1, -0.05) is 27.7 Å². The van der Waals surface area contributed by atoms with E-state index < -0.39 is 15.8 Å². The largest absolute Gasteiger partial charge is 0.288 e. The fraction of sp³-hybridized carbons (Fsp3) is 0.143. The number of halogens is 3. The molecule has 0 aliphatic rings. The van der Waals surface area contributed by atoms with Crippen LogP contribution in [0.25, 0.3) is 0 Å². The number of sulfonamides is 1. The Morgan fingerprint density at radius 3 is 2.32 bits per heavy atom. The average Bonchev–Trinajstić information content (AvgIpc) is 2.43. The van der Waals surface area contributed by atoms with Crippen molar-refractivity contribution in [3.63, 3.8) is 0 Å². The number of nitrogens with one attached hydrogen (secondary N) is 1. The molecule has 0 heterocycles. The molecule has 0 atom stereocenters. The second-order valence-electron chi connectivity index (χ2n) is 4.42. The van der Waals surface area contributed by atoms with Crippen molar-refractivity contribution >= 4 is 43.4 Å². The Labute approximate surface area is 140 Å². The molecule has 2 aromatic carbocycles. The minimum absolute atomic E-state index is 0.138. The Bertz CT molecular complexity index is 765. The zero-order valence-electron chi connectivity index (χ0n) is 11.4. The Morgan fingerprint density at radius 1 is 1.14 bits per heavy atom. The summed E-state index contributed by atoms with van der Waals surface area (Å²) in [6.45, 7) is 1.79. The summed E-state index contributed by atoms with van der Waals surface area (Å²) < 4.78 is 52.3. The number of hydrogen-bond donors (Lipinski definition) is 1. The molecule has 1 N–H and O–H groups in total. The lowest BCUT2D eigenvalue weighted by atomic mass is 10.2. The van der Waals surface area contributed by atoms with Gasteiger partial charge in [0, 0.05) is 15.1 Å². The zero-order chi connectivity index (χ0) is 16.3. The molecule has 2 rings (SSSR count). The fourth-order valence-electron chi connectivity index (χ4n) is 1.70. The monoisotopic (exact) mass is 407 g/mol. The van der Waals surface area contributed by atoms with Gasteiger partial charge < -0.3 is 0 Å². The highest BCUT2D eigenvalue weighted by molar-refractivity contribution is 9.10. The summed E-state index contributed by atoms with van der Waals surface area (Å²) in [4.78, 5) is 0.511. The van der Waals surface area contributed by atoms with Crippen LogP contribution in [0, 0.1) is 6.92 Å². The van der Waals surface area contributed by atoms with E-state index in [1.807, 2.05) is 0 Å². The lowest BCUT2D eigenvalue weighted by molar-refractivity contribution is 0.252. The zero-order valence-corrected chi connectivity index (χ0v) is 14.6. The average molecular weight is 408 g/mol. The molecule has 0 unspecified atom stereocenters. The van der Waals surface area contributed by atoms with Crippen LogP contribution in [0.3, 0.4) is 0 Å². The quantitative estimate of drug-likeness (QED) is 0.718. The molecule has 8 heteroatoms. The number of rotatable bonds is 5. The summed E-state index contributed by atoms with van der Waals surface area (Å²) in [6.07, 6.45) is 0. The van der Waals surface area contributed by atoms with Gasteiger partial charge in [-0.05, 0) is 55.0 Å². The Morgan fingerprint density at radius 2 is 1.77 bits per heavy atom. The summed E-state index contributed by atoms with van der Waals surface area (Å²) in [5.74, 6) is -2.51. The summed E-state index contributed by atoms with van der Waals surface area (Å²) in [5.41, 5.74) is 1.12. The Balaban J connectivity index is 2.19. The van der Waals surface area contributed by atoms with Gasteiger partial charge in [0.25, 0.3) is 15.8 Å². The predicted molar refractivity (Wildman–Crippen MR) is 88.0 cm³/mol. The van der Waals surface area contributed by atoms with Crippen molar-refractivity contribution in [2.45, 2.75) is 22.5 Å². The fourth-order valence-corrected chi connectivity index (χ4v) is 3.59. The third-order valence-corrected chi connectivity index (χ3v) is 5.76. The summed E-state index contributed by atoms with van der Waals surface area (Å²) in [7, 11) is -3.71. The van der Waals surface area contributed by atoms with Crippen LogP contribution in [0.5, 0.6) is 0 Å². The van der Waals surface area contributed by atoms with Gasteiger partial charge >= 0.3 is 0 Å². The van der Waals surface area contributed by atoms with Gasteiger partial charge in [0.15, 0.2) is 0 Å². The van der Waals surface area contributed by atoms with Gasteiger partial charge in [0.1, 0.15) is 0 Å². The van der Waals surface area contributed by atoms with Gasteiger partial charge in [-0.3, -0.25) is 4.72 Å². The minimum atomic E-state index is -3.71. The summed E-state index contributed by atoms with van der Waals surface area (Å²) >= 11 is 3.72. The standard InChI is InChI=1S/C14H12BrF2NO2S2/c1-9-8-12(6-7-13(9)15)22(19,20)18-10-2-4-11(5-3-10)21-14(16)17/h2-8,14,18H,1H3. The second kappa shape index (κ2) is 6.97. The van der Waals surface area contributed by atoms with E-state index in [1.54, 1.807) is 19.1 Å². The van der Waals surface area contributed by atoms with Gasteiger partial charge in [0.2, 0.25) is 0 Å². The van der Waals surface area contributed by atoms with Crippen LogP contribution in [0.4, 0.5) is 14.5 Å². The lowest BCUT2D eigenvalue weighted by Gasteiger charge is -2.10. The third kappa shape index (κ3) is 4.44. The molecule has 0 fully saturated rings. The van der Waals surface area contributed by atoms with Crippen molar-refractivity contribution < 1.29 is 17.2 Å². The van der Waals surface area contributed by atoms with Crippen LogP contribution < -0.4 is 4.72 Å². The molecule has 118 valence electrons. The molecule has 0 saturated heterocycles. The predicted octanol–water partition coefficient (Wildman–Crippen LogP) is 4.87. The van der Waals surface area contributed by atoms with Gasteiger partial charge in [0.05, 0.1) is 4.90 Å². The molecule has 0 bridgehead atoms. The molecule has 3 nitrogen and oxygen atoms in total. The van der Waals surface area contributed by atoms with Crippen molar-refractivity contribution in [3.05, 3.63) is 52.5 Å². The van der Waals surface area contributed by atoms with Gasteiger partial charge in [-0.25, -0.2) is 8.42 Å². The lowest BCUT2D eigenvalue weighted by Crippen LogP contribution is -2.13. The molecule has 22 heavy (non-hydrogen) atoms. The highest BCUT2D eigenvalue weighted by atomic mass is 79.9. The first-order valence-corrected chi connectivity index (χ1v) is 9.27. The van der Waals surface area contributed by atoms with Crippen molar-refractivity contribution in [2.75, 3.05) is 4.72 Å². The van der Waals surface area contributed by atoms with Crippen LogP contribution >= 0.6 is 27.7 Å². The van der Waals surface area contributed by atoms with Crippen LogP contribution in [0.1, 0.15) is 5.56 Å². The highest BCUT2D eigenvalue weighted by Gasteiger charge is 2.15. The van der Waals surface area contributed by atoms with Crippen molar-refractivity contribution in [3.8, 4) is 0 Å². The van der Waals surface area contributed by atoms with Crippen molar-refractivity contribution in [1.29, 1.82) is 0 Å². The van der Waals surface area contributed by atoms with Gasteiger partial charge in [-0.2, -0.15) is 8.78 Å². The Kier molecular flexibility index (Phi) is 5.46. The first-order chi connectivity index (χ1) is 10.3. The van der Waals surface area contributed by atoms with Gasteiger partial charge in [-0.15, -0.1) is 0 Å². The first kappa shape index (κ1) is 17.2. The number of hydrogen-bond acceptors (Lipinski definition) is 3. The molecule has 2 aromatic rings. The Hall–Kier alpha value is -1.12. The number of anilines is 1. The van der Waals surface area contributed by atoms with E-state index in [0.717, 1.165) is 10.0 Å². The third-order valence-electron chi connectivity index (χ3n) is 2.77. The maximum Gasteiger partial charge on any atom is 0.288 e. The number of thioether (sulfide) groups is 1. The molecule has 0 amide bonds. The van der Waals surface area contributed by atoms with Crippen LogP contribution in [0.2, 0.25) is 0 Å². The molecule has 0 saturated carbocycles. The second-order valence-corrected chi connectivity index (χ2v) is 8.02. The van der Waals surface area contributed by atoms with E-state index in [9.17, 15) is 17.2 Å². The summed E-state index contributed by atoms with van der Waals surface area (Å²) in [5, 5.41) is 0. The molecule has 0 spiro atoms. The van der Waals surface area contributed by atoms with Crippen molar-refractivity contribution in [1.82, 2.24) is 0 Å². The minimum Gasteiger partial charge on any atom is -0.280 e. The molecule has 0 aliphatic heterocycles. The van der Waals surface area contributed by atoms with E-state index in [4.69, 9.17) is 0 Å². The van der Waals surface area contributed by atoms with Crippen LogP contribution in [-0.4, -0.2) is 14.2 Å². The van der Waals surface area contributed by atoms with Crippen LogP contribution in [-0.2, 0) is 10.0 Å². The van der Waals surface area contributed by atoms with E-state index in [-0.39, 0.29) is 4.90 Å². The normalized spacial score (nSPS) is 11.7. The number of aryl methyl sites for hydroxylation is 1. The molecule has 0 aliphatic carbocycles. The van der Waals surface area contributed by atoms with E-state index in [0.29, 0.717) is 22.3 Å². The van der Waals surface area contributed by atoms with E-state index >= 15 is 0 Å². The molecular weight excluding hydrogens is 396 g/mol. The van der Waals surface area contributed by atoms with Crippen molar-refractivity contribution in [2.24, 2.45) is 0 Å². The van der Waals surface area contributed by atoms with E-state index in [2.05, 4.69) is 20.7 Å². The molecule has 0 aromatic heterocycles. The van der Waals surface area contributed by atoms with E-state index in [1.165, 1.54) is 30.3 Å². The smallest absolute Gasteiger partial charge is 0.280 e. The SMILES string of the molecule is Cc1cc(S(=O)(=O)Nc2ccc(SC(F)F)cc2)ccc1Br. The number of benzene rings is 2.